The molecule has 26 heavy (non-hydrogen) atoms. The number of nitrogens with one attached hydrogen (secondary N) is 2. The van der Waals surface area contributed by atoms with Gasteiger partial charge in [-0.25, -0.2) is 14.6 Å². The molecule has 9 heteroatoms. The Morgan fingerprint density at radius 3 is 2.81 bits per heavy atom. The van der Waals surface area contributed by atoms with Crippen molar-refractivity contribution < 1.29 is 9.59 Å². The van der Waals surface area contributed by atoms with Crippen LogP contribution in [-0.4, -0.2) is 56.2 Å². The van der Waals surface area contributed by atoms with E-state index in [0.717, 1.165) is 16.5 Å². The van der Waals surface area contributed by atoms with Crippen molar-refractivity contribution in [3.05, 3.63) is 35.3 Å². The van der Waals surface area contributed by atoms with Gasteiger partial charge in [0.25, 0.3) is 0 Å². The van der Waals surface area contributed by atoms with Gasteiger partial charge in [0.05, 0.1) is 12.2 Å². The minimum Gasteiger partial charge on any atom is -0.354 e. The first-order chi connectivity index (χ1) is 12.4. The highest BCUT2D eigenvalue weighted by atomic mass is 32.1. The minimum absolute atomic E-state index is 0.0353. The third kappa shape index (κ3) is 4.05. The van der Waals surface area contributed by atoms with E-state index in [1.54, 1.807) is 29.0 Å². The summed E-state index contributed by atoms with van der Waals surface area (Å²) in [7, 11) is 5.63. The summed E-state index contributed by atoms with van der Waals surface area (Å²) in [5.41, 5.74) is 2.22. The van der Waals surface area contributed by atoms with Crippen LogP contribution in [0.3, 0.4) is 0 Å². The fourth-order valence-corrected chi connectivity index (χ4v) is 3.33. The van der Waals surface area contributed by atoms with E-state index < -0.39 is 0 Å². The Morgan fingerprint density at radius 2 is 2.15 bits per heavy atom. The first-order valence-electron chi connectivity index (χ1n) is 8.23. The number of amides is 4. The number of nitrogens with zero attached hydrogens (tertiary/aromatic N) is 4. The van der Waals surface area contributed by atoms with E-state index >= 15 is 0 Å². The number of hydrogen-bond acceptors (Lipinski definition) is 5. The van der Waals surface area contributed by atoms with Crippen molar-refractivity contribution >= 4 is 39.9 Å². The highest BCUT2D eigenvalue weighted by molar-refractivity contribution is 7.13. The van der Waals surface area contributed by atoms with E-state index in [-0.39, 0.29) is 12.1 Å². The van der Waals surface area contributed by atoms with Crippen molar-refractivity contribution in [2.45, 2.75) is 6.54 Å². The van der Waals surface area contributed by atoms with Crippen molar-refractivity contribution in [3.63, 3.8) is 0 Å². The molecule has 2 heterocycles. The molecule has 2 N–H and O–H groups in total. The molecule has 0 saturated carbocycles. The lowest BCUT2D eigenvalue weighted by atomic mass is 10.2. The predicted molar refractivity (Wildman–Crippen MR) is 104 cm³/mol. The summed E-state index contributed by atoms with van der Waals surface area (Å²) in [6.07, 6.45) is 0. The number of aromatic nitrogens is 1. The zero-order valence-electron chi connectivity index (χ0n) is 15.0. The summed E-state index contributed by atoms with van der Waals surface area (Å²) in [6.45, 7) is 1.69. The molecule has 1 saturated heterocycles. The number of anilines is 3. The predicted octanol–water partition coefficient (Wildman–Crippen LogP) is 2.40. The van der Waals surface area contributed by atoms with Crippen LogP contribution in [0.2, 0.25) is 0 Å². The molecule has 1 aromatic heterocycles. The van der Waals surface area contributed by atoms with Gasteiger partial charge in [-0.3, -0.25) is 4.90 Å². The SMILES string of the molecule is CN1CCN(c2cccc(NC(=O)NCc3csc(N(C)C)n3)c2)C1=O. The first kappa shape index (κ1) is 18.0. The Morgan fingerprint density at radius 1 is 1.35 bits per heavy atom. The van der Waals surface area contributed by atoms with E-state index in [0.29, 0.717) is 25.3 Å². The van der Waals surface area contributed by atoms with Gasteiger partial charge in [0.1, 0.15) is 0 Å². The Labute approximate surface area is 156 Å². The number of carbonyl (C=O) groups excluding carboxylic acids is 2. The van der Waals surface area contributed by atoms with Gasteiger partial charge in [-0.1, -0.05) is 6.07 Å². The van der Waals surface area contributed by atoms with Gasteiger partial charge in [0.15, 0.2) is 5.13 Å². The molecule has 0 bridgehead atoms. The largest absolute Gasteiger partial charge is 0.354 e. The maximum absolute atomic E-state index is 12.1. The Balaban J connectivity index is 1.57. The molecule has 1 aromatic carbocycles. The van der Waals surface area contributed by atoms with Crippen LogP contribution in [0.4, 0.5) is 26.1 Å². The summed E-state index contributed by atoms with van der Waals surface area (Å²) in [5.74, 6) is 0. The highest BCUT2D eigenvalue weighted by Gasteiger charge is 2.26. The molecular weight excluding hydrogens is 352 g/mol. The zero-order valence-corrected chi connectivity index (χ0v) is 15.8. The fraction of sp³-hybridized carbons (Fsp3) is 0.353. The first-order valence-corrected chi connectivity index (χ1v) is 9.11. The maximum atomic E-state index is 12.1. The number of thiazole rings is 1. The van der Waals surface area contributed by atoms with Crippen LogP contribution < -0.4 is 20.4 Å². The van der Waals surface area contributed by atoms with Gasteiger partial charge in [0, 0.05) is 51.0 Å². The third-order valence-electron chi connectivity index (χ3n) is 3.98. The molecule has 0 aliphatic carbocycles. The van der Waals surface area contributed by atoms with Crippen LogP contribution >= 0.6 is 11.3 Å². The van der Waals surface area contributed by atoms with Gasteiger partial charge < -0.3 is 20.4 Å². The topological polar surface area (TPSA) is 80.8 Å². The fourth-order valence-electron chi connectivity index (χ4n) is 2.57. The summed E-state index contributed by atoms with van der Waals surface area (Å²) in [5, 5.41) is 8.41. The van der Waals surface area contributed by atoms with Crippen LogP contribution in [0.5, 0.6) is 0 Å². The summed E-state index contributed by atoms with van der Waals surface area (Å²) >= 11 is 1.53. The highest BCUT2D eigenvalue weighted by Crippen LogP contribution is 2.23. The molecule has 4 amide bonds. The van der Waals surface area contributed by atoms with Crippen LogP contribution in [0.1, 0.15) is 5.69 Å². The van der Waals surface area contributed by atoms with Crippen LogP contribution in [0.25, 0.3) is 0 Å². The molecule has 8 nitrogen and oxygen atoms in total. The molecule has 1 fully saturated rings. The van der Waals surface area contributed by atoms with E-state index in [1.165, 1.54) is 11.3 Å². The minimum atomic E-state index is -0.314. The van der Waals surface area contributed by atoms with Crippen molar-refractivity contribution in [1.29, 1.82) is 0 Å². The summed E-state index contributed by atoms with van der Waals surface area (Å²) in [6, 6.07) is 6.92. The molecular formula is C17H22N6O2S. The number of likely N-dealkylation sites (N-methyl/N-ethyl adjacent to an activating group) is 1. The van der Waals surface area contributed by atoms with Gasteiger partial charge in [-0.15, -0.1) is 11.3 Å². The lowest BCUT2D eigenvalue weighted by Crippen LogP contribution is -2.30. The lowest BCUT2D eigenvalue weighted by molar-refractivity contribution is 0.229. The molecule has 138 valence electrons. The number of urea groups is 2. The molecule has 0 radical (unpaired) electrons. The van der Waals surface area contributed by atoms with E-state index in [2.05, 4.69) is 15.6 Å². The van der Waals surface area contributed by atoms with Gasteiger partial charge >= 0.3 is 12.1 Å². The average molecular weight is 374 g/mol. The summed E-state index contributed by atoms with van der Waals surface area (Å²) in [4.78, 5) is 33.9. The number of hydrogen-bond donors (Lipinski definition) is 2. The van der Waals surface area contributed by atoms with Crippen LogP contribution in [0, 0.1) is 0 Å². The van der Waals surface area contributed by atoms with Crippen molar-refractivity contribution in [2.75, 3.05) is 49.3 Å². The van der Waals surface area contributed by atoms with E-state index in [9.17, 15) is 9.59 Å². The second kappa shape index (κ2) is 7.61. The second-order valence-electron chi connectivity index (χ2n) is 6.23. The van der Waals surface area contributed by atoms with E-state index in [1.807, 2.05) is 36.5 Å². The van der Waals surface area contributed by atoms with Crippen molar-refractivity contribution in [3.8, 4) is 0 Å². The third-order valence-corrected chi connectivity index (χ3v) is 5.04. The normalized spacial score (nSPS) is 13.9. The molecule has 3 rings (SSSR count). The zero-order chi connectivity index (χ0) is 18.7. The Kier molecular flexibility index (Phi) is 5.27. The second-order valence-corrected chi connectivity index (χ2v) is 7.07. The Bertz CT molecular complexity index is 806. The molecule has 1 aliphatic rings. The molecule has 1 aliphatic heterocycles. The quantitative estimate of drug-likeness (QED) is 0.842. The van der Waals surface area contributed by atoms with Crippen molar-refractivity contribution in [1.82, 2.24) is 15.2 Å². The monoisotopic (exact) mass is 374 g/mol. The lowest BCUT2D eigenvalue weighted by Gasteiger charge is -2.17. The van der Waals surface area contributed by atoms with E-state index in [4.69, 9.17) is 0 Å². The van der Waals surface area contributed by atoms with Crippen LogP contribution in [0.15, 0.2) is 29.6 Å². The van der Waals surface area contributed by atoms with Crippen LogP contribution in [-0.2, 0) is 6.54 Å². The molecule has 2 aromatic rings. The maximum Gasteiger partial charge on any atom is 0.324 e. The molecule has 0 atom stereocenters. The van der Waals surface area contributed by atoms with Gasteiger partial charge in [0.2, 0.25) is 0 Å². The Hall–Kier alpha value is -2.81. The number of carbonyl (C=O) groups is 2. The standard InChI is InChI=1S/C17H22N6O2S/c1-21(2)16-20-13(11-26-16)10-18-15(24)19-12-5-4-6-14(9-12)23-8-7-22(3)17(23)25/h4-6,9,11H,7-8,10H2,1-3H3,(H2,18,19,24). The van der Waals surface area contributed by atoms with Gasteiger partial charge in [-0.2, -0.15) is 0 Å². The van der Waals surface area contributed by atoms with Crippen molar-refractivity contribution in [2.24, 2.45) is 0 Å². The smallest absolute Gasteiger partial charge is 0.324 e. The van der Waals surface area contributed by atoms with Gasteiger partial charge in [-0.05, 0) is 18.2 Å². The molecule has 0 unspecified atom stereocenters. The number of benzene rings is 1. The summed E-state index contributed by atoms with van der Waals surface area (Å²) < 4.78 is 0. The average Bonchev–Trinajstić information content (AvgIpc) is 3.21. The number of rotatable bonds is 5. The molecule has 0 spiro atoms.